The second-order valence-electron chi connectivity index (χ2n) is 5.86. The Morgan fingerprint density at radius 2 is 1.91 bits per heavy atom. The second-order valence-corrected chi connectivity index (χ2v) is 7.80. The van der Waals surface area contributed by atoms with Gasteiger partial charge < -0.3 is 14.8 Å². The van der Waals surface area contributed by atoms with Crippen LogP contribution in [0.4, 0.5) is 0 Å². The van der Waals surface area contributed by atoms with Crippen LogP contribution in [0.3, 0.4) is 0 Å². The van der Waals surface area contributed by atoms with Crippen molar-refractivity contribution in [3.05, 3.63) is 18.0 Å². The Morgan fingerprint density at radius 3 is 2.57 bits per heavy atom. The lowest BCUT2D eigenvalue weighted by atomic mass is 10.3. The molecule has 0 aromatic carbocycles. The van der Waals surface area contributed by atoms with Crippen LogP contribution in [0.5, 0.6) is 0 Å². The Kier molecular flexibility index (Phi) is 4.15. The van der Waals surface area contributed by atoms with Crippen molar-refractivity contribution in [2.45, 2.75) is 17.7 Å². The predicted octanol–water partition coefficient (Wildman–Crippen LogP) is -0.618. The fraction of sp³-hybridized carbons (Fsp3) is 0.571. The fourth-order valence-corrected chi connectivity index (χ4v) is 4.53. The van der Waals surface area contributed by atoms with E-state index in [0.29, 0.717) is 26.2 Å². The summed E-state index contributed by atoms with van der Waals surface area (Å²) in [7, 11) is -1.91. The normalized spacial score (nSPS) is 19.9. The molecular weight excluding hydrogens is 320 g/mol. The van der Waals surface area contributed by atoms with E-state index in [0.717, 1.165) is 12.8 Å². The highest BCUT2D eigenvalue weighted by molar-refractivity contribution is 7.89. The van der Waals surface area contributed by atoms with Gasteiger partial charge in [0.2, 0.25) is 15.9 Å². The van der Waals surface area contributed by atoms with Crippen molar-refractivity contribution in [1.82, 2.24) is 19.1 Å². The van der Waals surface area contributed by atoms with Gasteiger partial charge in [0.1, 0.15) is 10.6 Å². The zero-order valence-corrected chi connectivity index (χ0v) is 13.8. The number of amides is 2. The average Bonchev–Trinajstić information content (AvgIpc) is 3.16. The van der Waals surface area contributed by atoms with Crippen LogP contribution in [-0.4, -0.2) is 66.7 Å². The van der Waals surface area contributed by atoms with Crippen molar-refractivity contribution < 1.29 is 18.0 Å². The van der Waals surface area contributed by atoms with Crippen molar-refractivity contribution in [3.8, 4) is 0 Å². The topological polar surface area (TPSA) is 91.7 Å². The first-order chi connectivity index (χ1) is 10.9. The van der Waals surface area contributed by atoms with Gasteiger partial charge in [0.05, 0.1) is 6.54 Å². The molecule has 2 amide bonds. The number of nitrogens with one attached hydrogen (secondary N) is 1. The predicted molar refractivity (Wildman–Crippen MR) is 82.3 cm³/mol. The summed E-state index contributed by atoms with van der Waals surface area (Å²) in [4.78, 5) is 25.5. The molecular formula is C14H20N4O4S. The second kappa shape index (κ2) is 5.97. The molecule has 1 aromatic heterocycles. The van der Waals surface area contributed by atoms with E-state index in [1.54, 1.807) is 7.05 Å². The average molecular weight is 340 g/mol. The van der Waals surface area contributed by atoms with Gasteiger partial charge in [0.25, 0.3) is 5.91 Å². The molecule has 0 aliphatic carbocycles. The Bertz CT molecular complexity index is 734. The first kappa shape index (κ1) is 16.0. The summed E-state index contributed by atoms with van der Waals surface area (Å²) in [5, 5.41) is 2.66. The van der Waals surface area contributed by atoms with Gasteiger partial charge in [0.15, 0.2) is 0 Å². The number of sulfonamides is 1. The summed E-state index contributed by atoms with van der Waals surface area (Å²) >= 11 is 0. The van der Waals surface area contributed by atoms with Crippen molar-refractivity contribution in [2.75, 3.05) is 32.7 Å². The lowest BCUT2D eigenvalue weighted by Crippen LogP contribution is -2.50. The molecule has 0 bridgehead atoms. The Balaban J connectivity index is 1.86. The number of carbonyl (C=O) groups is 2. The summed E-state index contributed by atoms with van der Waals surface area (Å²) in [6.45, 7) is 1.87. The van der Waals surface area contributed by atoms with Crippen LogP contribution in [0.15, 0.2) is 17.2 Å². The standard InChI is InChI=1S/C14H20N4O4S/c1-16-9-11(23(21,22)18-5-2-3-6-18)8-12(16)14(20)17-7-4-15-13(19)10-17/h8-9H,2-7,10H2,1H3,(H,15,19). The quantitative estimate of drug-likeness (QED) is 0.794. The van der Waals surface area contributed by atoms with E-state index in [1.807, 2.05) is 0 Å². The van der Waals surface area contributed by atoms with Gasteiger partial charge in [-0.05, 0) is 18.9 Å². The number of hydrogen-bond acceptors (Lipinski definition) is 4. The molecule has 0 spiro atoms. The zero-order valence-electron chi connectivity index (χ0n) is 13.0. The van der Waals surface area contributed by atoms with Gasteiger partial charge in [-0.3, -0.25) is 9.59 Å². The van der Waals surface area contributed by atoms with Crippen LogP contribution < -0.4 is 5.32 Å². The largest absolute Gasteiger partial charge is 0.353 e. The summed E-state index contributed by atoms with van der Waals surface area (Å²) < 4.78 is 28.1. The lowest BCUT2D eigenvalue weighted by Gasteiger charge is -2.26. The molecule has 0 unspecified atom stereocenters. The fourth-order valence-electron chi connectivity index (χ4n) is 2.94. The summed E-state index contributed by atoms with van der Waals surface area (Å²) in [5.74, 6) is -0.533. The molecule has 3 heterocycles. The summed E-state index contributed by atoms with van der Waals surface area (Å²) in [6, 6.07) is 1.41. The third-order valence-corrected chi connectivity index (χ3v) is 6.09. The van der Waals surface area contributed by atoms with Gasteiger partial charge >= 0.3 is 0 Å². The van der Waals surface area contributed by atoms with Gasteiger partial charge in [-0.2, -0.15) is 4.31 Å². The van der Waals surface area contributed by atoms with Crippen LogP contribution in [0.1, 0.15) is 23.3 Å². The Hall–Kier alpha value is -1.87. The van der Waals surface area contributed by atoms with Crippen LogP contribution in [-0.2, 0) is 21.9 Å². The highest BCUT2D eigenvalue weighted by atomic mass is 32.2. The van der Waals surface area contributed by atoms with Crippen molar-refractivity contribution in [2.24, 2.45) is 7.05 Å². The molecule has 2 saturated heterocycles. The van der Waals surface area contributed by atoms with E-state index in [4.69, 9.17) is 0 Å². The number of carbonyl (C=O) groups excluding carboxylic acids is 2. The van der Waals surface area contributed by atoms with Gasteiger partial charge in [0, 0.05) is 39.4 Å². The van der Waals surface area contributed by atoms with Crippen LogP contribution >= 0.6 is 0 Å². The lowest BCUT2D eigenvalue weighted by molar-refractivity contribution is -0.123. The van der Waals surface area contributed by atoms with Crippen molar-refractivity contribution in [1.29, 1.82) is 0 Å². The number of nitrogens with zero attached hydrogens (tertiary/aromatic N) is 3. The highest BCUT2D eigenvalue weighted by Gasteiger charge is 2.31. The molecule has 1 N–H and O–H groups in total. The van der Waals surface area contributed by atoms with E-state index in [2.05, 4.69) is 5.32 Å². The summed E-state index contributed by atoms with van der Waals surface area (Å²) in [6.07, 6.45) is 3.19. The molecule has 0 radical (unpaired) electrons. The number of piperazine rings is 1. The van der Waals surface area contributed by atoms with E-state index < -0.39 is 10.0 Å². The molecule has 3 rings (SSSR count). The molecule has 2 aliphatic rings. The minimum absolute atomic E-state index is 0.00176. The Morgan fingerprint density at radius 1 is 1.22 bits per heavy atom. The number of rotatable bonds is 3. The highest BCUT2D eigenvalue weighted by Crippen LogP contribution is 2.23. The molecule has 2 aliphatic heterocycles. The Labute approximate surface area is 135 Å². The van der Waals surface area contributed by atoms with E-state index in [9.17, 15) is 18.0 Å². The van der Waals surface area contributed by atoms with E-state index in [1.165, 1.54) is 26.0 Å². The SMILES string of the molecule is Cn1cc(S(=O)(=O)N2CCCC2)cc1C(=O)N1CCNC(=O)C1. The molecule has 2 fully saturated rings. The van der Waals surface area contributed by atoms with Crippen LogP contribution in [0.2, 0.25) is 0 Å². The van der Waals surface area contributed by atoms with E-state index >= 15 is 0 Å². The third-order valence-electron chi connectivity index (χ3n) is 4.23. The molecule has 8 nitrogen and oxygen atoms in total. The van der Waals surface area contributed by atoms with Crippen LogP contribution in [0.25, 0.3) is 0 Å². The first-order valence-electron chi connectivity index (χ1n) is 7.62. The maximum absolute atomic E-state index is 12.6. The molecule has 9 heteroatoms. The molecule has 126 valence electrons. The monoisotopic (exact) mass is 340 g/mol. The third kappa shape index (κ3) is 2.98. The minimum atomic E-state index is -3.55. The molecule has 1 aromatic rings. The maximum atomic E-state index is 12.6. The number of hydrogen-bond donors (Lipinski definition) is 1. The number of aryl methyl sites for hydroxylation is 1. The minimum Gasteiger partial charge on any atom is -0.353 e. The molecule has 0 atom stereocenters. The number of aromatic nitrogens is 1. The molecule has 0 saturated carbocycles. The summed E-state index contributed by atoms with van der Waals surface area (Å²) in [5.41, 5.74) is 0.275. The maximum Gasteiger partial charge on any atom is 0.271 e. The van der Waals surface area contributed by atoms with Gasteiger partial charge in [-0.1, -0.05) is 0 Å². The molecule has 23 heavy (non-hydrogen) atoms. The van der Waals surface area contributed by atoms with Crippen molar-refractivity contribution in [3.63, 3.8) is 0 Å². The van der Waals surface area contributed by atoms with Crippen LogP contribution in [0, 0.1) is 0 Å². The van der Waals surface area contributed by atoms with Crippen molar-refractivity contribution >= 4 is 21.8 Å². The smallest absolute Gasteiger partial charge is 0.271 e. The first-order valence-corrected chi connectivity index (χ1v) is 9.06. The van der Waals surface area contributed by atoms with Gasteiger partial charge in [-0.25, -0.2) is 8.42 Å². The van der Waals surface area contributed by atoms with E-state index in [-0.39, 0.29) is 28.9 Å². The van der Waals surface area contributed by atoms with Gasteiger partial charge in [-0.15, -0.1) is 0 Å². The zero-order chi connectivity index (χ0) is 16.6.